The fourth-order valence-electron chi connectivity index (χ4n) is 1.29. The van der Waals surface area contributed by atoms with Gasteiger partial charge in [0.05, 0.1) is 7.11 Å². The van der Waals surface area contributed by atoms with Crippen LogP contribution in [-0.4, -0.2) is 20.0 Å². The predicted octanol–water partition coefficient (Wildman–Crippen LogP) is 3.04. The van der Waals surface area contributed by atoms with E-state index in [0.717, 1.165) is 0 Å². The molecule has 0 aliphatic heterocycles. The van der Waals surface area contributed by atoms with E-state index in [2.05, 4.69) is 0 Å². The Morgan fingerprint density at radius 3 is 2.47 bits per heavy atom. The molecule has 0 amide bonds. The second-order valence-corrected chi connectivity index (χ2v) is 2.91. The van der Waals surface area contributed by atoms with Crippen LogP contribution in [0.15, 0.2) is 24.3 Å². The maximum atomic E-state index is 12.5. The summed E-state index contributed by atoms with van der Waals surface area (Å²) in [4.78, 5) is 0.357. The summed E-state index contributed by atoms with van der Waals surface area (Å²) < 4.78 is 42.4. The van der Waals surface area contributed by atoms with Gasteiger partial charge in [0.2, 0.25) is 0 Å². The molecule has 2 nitrogen and oxygen atoms in total. The third-order valence-corrected chi connectivity index (χ3v) is 1.99. The number of alkyl halides is 3. The fourth-order valence-corrected chi connectivity index (χ4v) is 1.29. The number of ether oxygens (including phenoxy) is 1. The van der Waals surface area contributed by atoms with E-state index < -0.39 is 6.30 Å². The van der Waals surface area contributed by atoms with Gasteiger partial charge in [0.15, 0.2) is 0 Å². The molecule has 0 radical (unpaired) electrons. The Morgan fingerprint density at radius 1 is 1.33 bits per heavy atom. The van der Waals surface area contributed by atoms with Crippen LogP contribution in [0.25, 0.3) is 0 Å². The van der Waals surface area contributed by atoms with E-state index in [-0.39, 0.29) is 12.2 Å². The molecule has 0 saturated carbocycles. The standard InChI is InChI=1S/C10H12F3NO/c1-3-14(10(11,12)13)8-5-4-6-9(7-8)15-2/h4-7H,3H2,1-2H3. The average Bonchev–Trinajstić information content (AvgIpc) is 2.17. The summed E-state index contributed by atoms with van der Waals surface area (Å²) in [6.45, 7) is 1.32. The molecule has 1 aromatic carbocycles. The molecule has 1 rings (SSSR count). The zero-order chi connectivity index (χ0) is 11.5. The van der Waals surface area contributed by atoms with Crippen molar-refractivity contribution in [1.29, 1.82) is 0 Å². The Labute approximate surface area is 86.3 Å². The van der Waals surface area contributed by atoms with Crippen molar-refractivity contribution in [1.82, 2.24) is 0 Å². The van der Waals surface area contributed by atoms with Crippen LogP contribution in [0.5, 0.6) is 5.75 Å². The summed E-state index contributed by atoms with van der Waals surface area (Å²) in [7, 11) is 1.42. The van der Waals surface area contributed by atoms with E-state index in [1.165, 1.54) is 32.2 Å². The van der Waals surface area contributed by atoms with E-state index in [9.17, 15) is 13.2 Å². The normalized spacial score (nSPS) is 11.3. The molecule has 5 heteroatoms. The number of anilines is 1. The van der Waals surface area contributed by atoms with E-state index in [1.54, 1.807) is 6.07 Å². The SMILES string of the molecule is CCN(c1cccc(OC)c1)C(F)(F)F. The Hall–Kier alpha value is -1.39. The van der Waals surface area contributed by atoms with Crippen molar-refractivity contribution in [3.8, 4) is 5.75 Å². The number of hydrogen-bond donors (Lipinski definition) is 0. The first-order valence-electron chi connectivity index (χ1n) is 4.47. The van der Waals surface area contributed by atoms with Gasteiger partial charge < -0.3 is 4.74 Å². The summed E-state index contributed by atoms with van der Waals surface area (Å²) in [6.07, 6.45) is -4.36. The van der Waals surface area contributed by atoms with Gasteiger partial charge in [0, 0.05) is 18.3 Å². The molecule has 0 aromatic heterocycles. The van der Waals surface area contributed by atoms with Crippen LogP contribution < -0.4 is 9.64 Å². The van der Waals surface area contributed by atoms with Crippen molar-refractivity contribution in [2.45, 2.75) is 13.2 Å². The zero-order valence-electron chi connectivity index (χ0n) is 8.51. The Kier molecular flexibility index (Phi) is 3.44. The van der Waals surface area contributed by atoms with Gasteiger partial charge in [-0.25, -0.2) is 0 Å². The summed E-state index contributed by atoms with van der Waals surface area (Å²) in [6, 6.07) is 5.90. The molecule has 0 bridgehead atoms. The van der Waals surface area contributed by atoms with Gasteiger partial charge in [-0.15, -0.1) is 0 Å². The molecule has 1 aromatic rings. The minimum absolute atomic E-state index is 0.0874. The highest BCUT2D eigenvalue weighted by atomic mass is 19.4. The molecule has 84 valence electrons. The lowest BCUT2D eigenvalue weighted by Crippen LogP contribution is -2.37. The van der Waals surface area contributed by atoms with Crippen LogP contribution >= 0.6 is 0 Å². The van der Waals surface area contributed by atoms with Gasteiger partial charge in [0.25, 0.3) is 0 Å². The smallest absolute Gasteiger partial charge is 0.484 e. The molecule has 0 saturated heterocycles. The van der Waals surface area contributed by atoms with Crippen molar-refractivity contribution in [3.05, 3.63) is 24.3 Å². The van der Waals surface area contributed by atoms with E-state index in [0.29, 0.717) is 10.6 Å². The molecule has 0 fully saturated rings. The highest BCUT2D eigenvalue weighted by Gasteiger charge is 2.36. The van der Waals surface area contributed by atoms with Gasteiger partial charge >= 0.3 is 6.30 Å². The van der Waals surface area contributed by atoms with Gasteiger partial charge in [-0.1, -0.05) is 6.07 Å². The highest BCUT2D eigenvalue weighted by molar-refractivity contribution is 5.51. The third-order valence-electron chi connectivity index (χ3n) is 1.99. The topological polar surface area (TPSA) is 12.5 Å². The first-order valence-corrected chi connectivity index (χ1v) is 4.47. The fraction of sp³-hybridized carbons (Fsp3) is 0.400. The van der Waals surface area contributed by atoms with E-state index >= 15 is 0 Å². The Morgan fingerprint density at radius 2 is 2.00 bits per heavy atom. The summed E-state index contributed by atoms with van der Waals surface area (Å²) in [5.74, 6) is 0.412. The first kappa shape index (κ1) is 11.7. The molecule has 0 aliphatic rings. The largest absolute Gasteiger partial charge is 0.497 e. The van der Waals surface area contributed by atoms with Crippen molar-refractivity contribution in [3.63, 3.8) is 0 Å². The van der Waals surface area contributed by atoms with Crippen LogP contribution in [0, 0.1) is 0 Å². The van der Waals surface area contributed by atoms with Gasteiger partial charge in [-0.2, -0.15) is 13.2 Å². The lowest BCUT2D eigenvalue weighted by atomic mass is 10.3. The van der Waals surface area contributed by atoms with Crippen LogP contribution in [0.4, 0.5) is 18.9 Å². The van der Waals surface area contributed by atoms with Crippen LogP contribution in [0.1, 0.15) is 6.92 Å². The predicted molar refractivity (Wildman–Crippen MR) is 52.1 cm³/mol. The molecule has 0 heterocycles. The van der Waals surface area contributed by atoms with Crippen LogP contribution in [-0.2, 0) is 0 Å². The third kappa shape index (κ3) is 2.78. The van der Waals surface area contributed by atoms with Crippen LogP contribution in [0.3, 0.4) is 0 Å². The Bertz CT molecular complexity index is 325. The van der Waals surface area contributed by atoms with Crippen LogP contribution in [0.2, 0.25) is 0 Å². The summed E-state index contributed by atoms with van der Waals surface area (Å²) in [5, 5.41) is 0. The van der Waals surface area contributed by atoms with Crippen molar-refractivity contribution >= 4 is 5.69 Å². The number of nitrogens with zero attached hydrogens (tertiary/aromatic N) is 1. The number of benzene rings is 1. The minimum Gasteiger partial charge on any atom is -0.497 e. The maximum Gasteiger partial charge on any atom is 0.484 e. The van der Waals surface area contributed by atoms with Crippen molar-refractivity contribution in [2.75, 3.05) is 18.6 Å². The molecule has 15 heavy (non-hydrogen) atoms. The molecule has 0 atom stereocenters. The zero-order valence-corrected chi connectivity index (χ0v) is 8.51. The second-order valence-electron chi connectivity index (χ2n) is 2.91. The Balaban J connectivity index is 3.02. The lowest BCUT2D eigenvalue weighted by Gasteiger charge is -2.25. The molecule has 0 N–H and O–H groups in total. The van der Waals surface area contributed by atoms with Crippen molar-refractivity contribution in [2.24, 2.45) is 0 Å². The quantitative estimate of drug-likeness (QED) is 0.724. The first-order chi connectivity index (χ1) is 6.99. The highest BCUT2D eigenvalue weighted by Crippen LogP contribution is 2.30. The molecular formula is C10H12F3NO. The molecule has 0 aliphatic carbocycles. The van der Waals surface area contributed by atoms with Gasteiger partial charge in [0.1, 0.15) is 5.75 Å². The second kappa shape index (κ2) is 4.42. The lowest BCUT2D eigenvalue weighted by molar-refractivity contribution is -0.128. The van der Waals surface area contributed by atoms with Gasteiger partial charge in [-0.3, -0.25) is 4.90 Å². The van der Waals surface area contributed by atoms with E-state index in [1.807, 2.05) is 0 Å². The summed E-state index contributed by atoms with van der Waals surface area (Å²) in [5.41, 5.74) is 0.0874. The minimum atomic E-state index is -4.36. The van der Waals surface area contributed by atoms with Gasteiger partial charge in [-0.05, 0) is 19.1 Å². The number of hydrogen-bond acceptors (Lipinski definition) is 2. The monoisotopic (exact) mass is 219 g/mol. The van der Waals surface area contributed by atoms with E-state index in [4.69, 9.17) is 4.74 Å². The average molecular weight is 219 g/mol. The molecule has 0 spiro atoms. The maximum absolute atomic E-state index is 12.5. The molecule has 0 unspecified atom stereocenters. The summed E-state index contributed by atoms with van der Waals surface area (Å²) >= 11 is 0. The number of methoxy groups -OCH3 is 1. The van der Waals surface area contributed by atoms with Crippen molar-refractivity contribution < 1.29 is 17.9 Å². The number of halogens is 3. The number of rotatable bonds is 3. The molecular weight excluding hydrogens is 207 g/mol.